The van der Waals surface area contributed by atoms with Crippen molar-refractivity contribution in [3.63, 3.8) is 0 Å². The molecule has 0 aliphatic carbocycles. The molecule has 0 fully saturated rings. The van der Waals surface area contributed by atoms with Crippen LogP contribution in [0.2, 0.25) is 0 Å². The molecule has 0 unspecified atom stereocenters. The summed E-state index contributed by atoms with van der Waals surface area (Å²) in [5.41, 5.74) is 0.913. The zero-order valence-corrected chi connectivity index (χ0v) is 9.85. The van der Waals surface area contributed by atoms with E-state index >= 15 is 0 Å². The van der Waals surface area contributed by atoms with Crippen molar-refractivity contribution in [2.24, 2.45) is 0 Å². The van der Waals surface area contributed by atoms with Crippen LogP contribution in [-0.2, 0) is 9.84 Å². The van der Waals surface area contributed by atoms with Crippen LogP contribution < -0.4 is 5.32 Å². The van der Waals surface area contributed by atoms with Crippen LogP contribution >= 0.6 is 0 Å². The summed E-state index contributed by atoms with van der Waals surface area (Å²) in [4.78, 5) is 0.314. The Labute approximate surface area is 86.1 Å². The Hall–Kier alpha value is -1.03. The van der Waals surface area contributed by atoms with Gasteiger partial charge in [0.2, 0.25) is 0 Å². The van der Waals surface area contributed by atoms with Gasteiger partial charge in [0.15, 0.2) is 9.84 Å². The lowest BCUT2D eigenvalue weighted by molar-refractivity contribution is 0.608. The topological polar surface area (TPSA) is 46.2 Å². The van der Waals surface area contributed by atoms with Gasteiger partial charge in [-0.1, -0.05) is 6.08 Å². The first kappa shape index (κ1) is 13.0. The Morgan fingerprint density at radius 2 is 1.86 bits per heavy atom. The molecule has 0 radical (unpaired) electrons. The molecule has 0 aliphatic rings. The molecule has 0 aliphatic heterocycles. The first-order chi connectivity index (χ1) is 6.41. The van der Waals surface area contributed by atoms with Gasteiger partial charge >= 0.3 is 0 Å². The van der Waals surface area contributed by atoms with Crippen LogP contribution in [0.5, 0.6) is 0 Å². The van der Waals surface area contributed by atoms with Gasteiger partial charge < -0.3 is 5.32 Å². The van der Waals surface area contributed by atoms with Crippen molar-refractivity contribution in [2.45, 2.75) is 13.8 Å². The number of sulfone groups is 1. The van der Waals surface area contributed by atoms with Gasteiger partial charge in [0.05, 0.1) is 4.91 Å². The SMILES string of the molecule is CC=C/C(=C\C=C(/C)NC)S(C)(=O)=O. The molecule has 3 nitrogen and oxygen atoms in total. The van der Waals surface area contributed by atoms with E-state index in [1.807, 2.05) is 6.92 Å². The van der Waals surface area contributed by atoms with Gasteiger partial charge in [-0.25, -0.2) is 8.42 Å². The van der Waals surface area contributed by atoms with E-state index < -0.39 is 9.84 Å². The Morgan fingerprint density at radius 3 is 2.21 bits per heavy atom. The van der Waals surface area contributed by atoms with Crippen LogP contribution in [0.1, 0.15) is 13.8 Å². The summed E-state index contributed by atoms with van der Waals surface area (Å²) < 4.78 is 22.5. The van der Waals surface area contributed by atoms with E-state index in [4.69, 9.17) is 0 Å². The molecule has 14 heavy (non-hydrogen) atoms. The van der Waals surface area contributed by atoms with Crippen molar-refractivity contribution in [1.82, 2.24) is 5.32 Å². The van der Waals surface area contributed by atoms with Crippen LogP contribution in [0.3, 0.4) is 0 Å². The molecule has 0 amide bonds. The Kier molecular flexibility index (Phi) is 5.23. The summed E-state index contributed by atoms with van der Waals surface area (Å²) in [7, 11) is -1.34. The summed E-state index contributed by atoms with van der Waals surface area (Å²) in [6.45, 7) is 3.65. The second kappa shape index (κ2) is 5.65. The molecular formula is C10H17NO2S. The lowest BCUT2D eigenvalue weighted by Gasteiger charge is -1.98. The highest BCUT2D eigenvalue weighted by Gasteiger charge is 2.05. The molecule has 0 bridgehead atoms. The van der Waals surface area contributed by atoms with E-state index in [-0.39, 0.29) is 0 Å². The van der Waals surface area contributed by atoms with E-state index in [2.05, 4.69) is 5.32 Å². The number of rotatable bonds is 4. The molecule has 1 N–H and O–H groups in total. The summed E-state index contributed by atoms with van der Waals surface area (Å²) in [5.74, 6) is 0. The molecule has 0 saturated heterocycles. The summed E-state index contributed by atoms with van der Waals surface area (Å²) in [6, 6.07) is 0. The molecule has 0 aromatic heterocycles. The standard InChI is InChI=1S/C10H17NO2S/c1-5-6-10(14(4,12)13)8-7-9(2)11-3/h5-8,11H,1-4H3/b6-5?,9-7+,10-8+. The summed E-state index contributed by atoms with van der Waals surface area (Å²) >= 11 is 0. The highest BCUT2D eigenvalue weighted by atomic mass is 32.2. The van der Waals surface area contributed by atoms with Gasteiger partial charge in [-0.2, -0.15) is 0 Å². The number of allylic oxidation sites excluding steroid dienone is 5. The zero-order valence-electron chi connectivity index (χ0n) is 9.03. The minimum absolute atomic E-state index is 0.314. The number of hydrogen-bond acceptors (Lipinski definition) is 3. The summed E-state index contributed by atoms with van der Waals surface area (Å²) in [5, 5.41) is 2.91. The Balaban J connectivity index is 5.05. The second-order valence-corrected chi connectivity index (χ2v) is 4.96. The fourth-order valence-corrected chi connectivity index (χ4v) is 1.46. The molecule has 0 rings (SSSR count). The molecule has 0 aromatic rings. The van der Waals surface area contributed by atoms with Crippen LogP contribution in [0.15, 0.2) is 34.9 Å². The molecule has 0 aromatic carbocycles. The van der Waals surface area contributed by atoms with Crippen LogP contribution in [0, 0.1) is 0 Å². The van der Waals surface area contributed by atoms with Gasteiger partial charge in [0.25, 0.3) is 0 Å². The fraction of sp³-hybridized carbons (Fsp3) is 0.400. The monoisotopic (exact) mass is 215 g/mol. The average Bonchev–Trinajstić information content (AvgIpc) is 2.09. The maximum Gasteiger partial charge on any atom is 0.175 e. The van der Waals surface area contributed by atoms with E-state index in [0.717, 1.165) is 5.70 Å². The minimum atomic E-state index is -3.13. The maximum absolute atomic E-state index is 11.3. The largest absolute Gasteiger partial charge is 0.392 e. The normalized spacial score (nSPS) is 14.9. The maximum atomic E-state index is 11.3. The molecule has 0 spiro atoms. The second-order valence-electron chi connectivity index (χ2n) is 2.94. The predicted octanol–water partition coefficient (Wildman–Crippen LogP) is 1.61. The van der Waals surface area contributed by atoms with Gasteiger partial charge in [-0.15, -0.1) is 0 Å². The molecule has 0 heterocycles. The number of hydrogen-bond donors (Lipinski definition) is 1. The lowest BCUT2D eigenvalue weighted by Crippen LogP contribution is -2.02. The van der Waals surface area contributed by atoms with Gasteiger partial charge in [-0.05, 0) is 32.1 Å². The third-order valence-corrected chi connectivity index (χ3v) is 2.78. The van der Waals surface area contributed by atoms with Gasteiger partial charge in [-0.3, -0.25) is 0 Å². The average molecular weight is 215 g/mol. The van der Waals surface area contributed by atoms with Crippen LogP contribution in [0.25, 0.3) is 0 Å². The first-order valence-electron chi connectivity index (χ1n) is 4.31. The third kappa shape index (κ3) is 4.87. The zero-order chi connectivity index (χ0) is 11.2. The quantitative estimate of drug-likeness (QED) is 0.725. The highest BCUT2D eigenvalue weighted by Crippen LogP contribution is 2.07. The molecule has 0 saturated carbocycles. The molecule has 0 atom stereocenters. The van der Waals surface area contributed by atoms with E-state index in [9.17, 15) is 8.42 Å². The Morgan fingerprint density at radius 1 is 1.29 bits per heavy atom. The fourth-order valence-electron chi connectivity index (χ4n) is 0.757. The van der Waals surface area contributed by atoms with Crippen molar-refractivity contribution in [3.8, 4) is 0 Å². The third-order valence-electron chi connectivity index (χ3n) is 1.65. The van der Waals surface area contributed by atoms with Crippen LogP contribution in [-0.4, -0.2) is 21.7 Å². The minimum Gasteiger partial charge on any atom is -0.392 e. The highest BCUT2D eigenvalue weighted by molar-refractivity contribution is 7.94. The predicted molar refractivity (Wildman–Crippen MR) is 60.6 cm³/mol. The van der Waals surface area contributed by atoms with Crippen molar-refractivity contribution >= 4 is 9.84 Å². The van der Waals surface area contributed by atoms with E-state index in [0.29, 0.717) is 4.91 Å². The van der Waals surface area contributed by atoms with Crippen molar-refractivity contribution in [2.75, 3.05) is 13.3 Å². The summed E-state index contributed by atoms with van der Waals surface area (Å²) in [6.07, 6.45) is 7.79. The van der Waals surface area contributed by atoms with E-state index in [1.54, 1.807) is 38.3 Å². The number of nitrogens with one attached hydrogen (secondary N) is 1. The Bertz CT molecular complexity index is 362. The van der Waals surface area contributed by atoms with Crippen molar-refractivity contribution in [1.29, 1.82) is 0 Å². The molecule has 4 heteroatoms. The smallest absolute Gasteiger partial charge is 0.175 e. The first-order valence-corrected chi connectivity index (χ1v) is 6.20. The van der Waals surface area contributed by atoms with E-state index in [1.165, 1.54) is 6.26 Å². The van der Waals surface area contributed by atoms with Gasteiger partial charge in [0.1, 0.15) is 0 Å². The van der Waals surface area contributed by atoms with Crippen molar-refractivity contribution in [3.05, 3.63) is 34.9 Å². The lowest BCUT2D eigenvalue weighted by atomic mass is 10.3. The molecule has 80 valence electrons. The molecular weight excluding hydrogens is 198 g/mol. The van der Waals surface area contributed by atoms with Crippen LogP contribution in [0.4, 0.5) is 0 Å². The van der Waals surface area contributed by atoms with Crippen molar-refractivity contribution < 1.29 is 8.42 Å². The van der Waals surface area contributed by atoms with Gasteiger partial charge in [0, 0.05) is 19.0 Å².